The average molecular weight is 408 g/mol. The van der Waals surface area contributed by atoms with Gasteiger partial charge in [-0.15, -0.1) is 0 Å². The van der Waals surface area contributed by atoms with E-state index in [9.17, 15) is 9.90 Å². The maximum atomic E-state index is 12.6. The van der Waals surface area contributed by atoms with Crippen molar-refractivity contribution < 1.29 is 19.1 Å². The summed E-state index contributed by atoms with van der Waals surface area (Å²) in [6.45, 7) is 14.5. The molecule has 0 saturated carbocycles. The Morgan fingerprint density at radius 1 is 1.07 bits per heavy atom. The van der Waals surface area contributed by atoms with E-state index in [0.29, 0.717) is 36.1 Å². The topological polar surface area (TPSA) is 59.0 Å². The molecular formula is C22H37NO4Si. The molecule has 0 spiro atoms. The molecule has 1 aromatic carbocycles. The molecule has 1 aromatic rings. The molecule has 1 N–H and O–H groups in total. The molecule has 0 aliphatic carbocycles. The molecule has 0 aromatic heterocycles. The van der Waals surface area contributed by atoms with Gasteiger partial charge in [-0.3, -0.25) is 0 Å². The van der Waals surface area contributed by atoms with Gasteiger partial charge in [-0.25, -0.2) is 4.79 Å². The highest BCUT2D eigenvalue weighted by Crippen LogP contribution is 2.43. The second-order valence-corrected chi connectivity index (χ2v) is 14.3. The van der Waals surface area contributed by atoms with Crippen molar-refractivity contribution in [1.29, 1.82) is 0 Å². The van der Waals surface area contributed by atoms with Crippen molar-refractivity contribution >= 4 is 14.4 Å². The van der Waals surface area contributed by atoms with Gasteiger partial charge in [0.25, 0.3) is 0 Å². The lowest BCUT2D eigenvalue weighted by molar-refractivity contribution is -0.00750. The SMILES string of the molecule is CC(C)[Si](OC1CC(O)CN(C(=O)OCc2ccccc2)C1)(C(C)C)C(C)C. The lowest BCUT2D eigenvalue weighted by Gasteiger charge is -2.47. The molecule has 158 valence electrons. The second kappa shape index (κ2) is 9.90. The number of hydrogen-bond donors (Lipinski definition) is 1. The Balaban J connectivity index is 2.05. The summed E-state index contributed by atoms with van der Waals surface area (Å²) in [5, 5.41) is 10.4. The van der Waals surface area contributed by atoms with Crippen LogP contribution in [-0.4, -0.2) is 49.7 Å². The highest BCUT2D eigenvalue weighted by atomic mass is 28.4. The molecule has 1 saturated heterocycles. The Labute approximate surface area is 171 Å². The number of benzene rings is 1. The molecule has 0 radical (unpaired) electrons. The monoisotopic (exact) mass is 407 g/mol. The fraction of sp³-hybridized carbons (Fsp3) is 0.682. The van der Waals surface area contributed by atoms with Crippen molar-refractivity contribution in [2.75, 3.05) is 13.1 Å². The molecule has 5 nitrogen and oxygen atoms in total. The van der Waals surface area contributed by atoms with Crippen LogP contribution in [0.25, 0.3) is 0 Å². The molecule has 2 atom stereocenters. The Kier molecular flexibility index (Phi) is 8.10. The number of aliphatic hydroxyl groups is 1. The van der Waals surface area contributed by atoms with Crippen LogP contribution in [0.1, 0.15) is 53.5 Å². The van der Waals surface area contributed by atoms with Crippen molar-refractivity contribution in [3.8, 4) is 0 Å². The molecule has 1 amide bonds. The van der Waals surface area contributed by atoms with Crippen LogP contribution in [0.5, 0.6) is 0 Å². The van der Waals surface area contributed by atoms with E-state index in [2.05, 4.69) is 41.5 Å². The van der Waals surface area contributed by atoms with Crippen LogP contribution in [-0.2, 0) is 15.8 Å². The first-order valence-corrected chi connectivity index (χ1v) is 12.6. The Morgan fingerprint density at radius 3 is 2.18 bits per heavy atom. The fourth-order valence-electron chi connectivity index (χ4n) is 4.77. The number of β-amino-alcohol motifs (C(OH)–C–C–N with tert-alkyl or cyclic N) is 1. The van der Waals surface area contributed by atoms with Crippen LogP contribution in [0.4, 0.5) is 4.79 Å². The van der Waals surface area contributed by atoms with Gasteiger partial charge in [-0.1, -0.05) is 71.9 Å². The summed E-state index contributed by atoms with van der Waals surface area (Å²) in [7, 11) is -2.07. The highest BCUT2D eigenvalue weighted by Gasteiger charge is 2.47. The number of piperidine rings is 1. The second-order valence-electron chi connectivity index (χ2n) is 8.89. The number of likely N-dealkylation sites (tertiary alicyclic amines) is 1. The summed E-state index contributed by atoms with van der Waals surface area (Å²) in [5.41, 5.74) is 2.34. The first-order valence-electron chi connectivity index (χ1n) is 10.5. The van der Waals surface area contributed by atoms with Crippen molar-refractivity contribution in [1.82, 2.24) is 4.90 Å². The van der Waals surface area contributed by atoms with Gasteiger partial charge in [0.2, 0.25) is 8.32 Å². The summed E-state index contributed by atoms with van der Waals surface area (Å²) in [6, 6.07) is 9.64. The molecule has 2 unspecified atom stereocenters. The number of rotatable bonds is 7. The minimum atomic E-state index is -2.07. The molecule has 0 bridgehead atoms. The van der Waals surface area contributed by atoms with Crippen LogP contribution in [0.15, 0.2) is 30.3 Å². The Hall–Kier alpha value is -1.37. The van der Waals surface area contributed by atoms with Gasteiger partial charge in [-0.05, 0) is 22.2 Å². The first kappa shape index (κ1) is 22.9. The third kappa shape index (κ3) is 5.36. The number of carbonyl (C=O) groups is 1. The normalized spacial score (nSPS) is 20.9. The molecule has 1 aliphatic heterocycles. The smallest absolute Gasteiger partial charge is 0.410 e. The summed E-state index contributed by atoms with van der Waals surface area (Å²) < 4.78 is 12.3. The van der Waals surface area contributed by atoms with Gasteiger partial charge >= 0.3 is 6.09 Å². The van der Waals surface area contributed by atoms with Gasteiger partial charge < -0.3 is 19.2 Å². The van der Waals surface area contributed by atoms with Crippen molar-refractivity contribution in [2.24, 2.45) is 0 Å². The van der Waals surface area contributed by atoms with Gasteiger partial charge in [0.1, 0.15) is 6.61 Å². The minimum Gasteiger partial charge on any atom is -0.445 e. The van der Waals surface area contributed by atoms with Crippen LogP contribution >= 0.6 is 0 Å². The fourth-order valence-corrected chi connectivity index (χ4v) is 10.3. The van der Waals surface area contributed by atoms with Crippen molar-refractivity contribution in [2.45, 2.75) is 83.4 Å². The molecular weight excluding hydrogens is 370 g/mol. The summed E-state index contributed by atoms with van der Waals surface area (Å²) in [6.07, 6.45) is -0.543. The maximum absolute atomic E-state index is 12.6. The van der Waals surface area contributed by atoms with E-state index < -0.39 is 14.4 Å². The number of hydrogen-bond acceptors (Lipinski definition) is 4. The zero-order valence-corrected chi connectivity index (χ0v) is 19.2. The van der Waals surface area contributed by atoms with E-state index in [1.807, 2.05) is 30.3 Å². The van der Waals surface area contributed by atoms with Crippen LogP contribution in [0, 0.1) is 0 Å². The van der Waals surface area contributed by atoms with E-state index in [0.717, 1.165) is 5.56 Å². The van der Waals surface area contributed by atoms with Crippen LogP contribution < -0.4 is 0 Å². The van der Waals surface area contributed by atoms with Gasteiger partial charge in [0, 0.05) is 13.0 Å². The van der Waals surface area contributed by atoms with Gasteiger partial charge in [0.05, 0.1) is 18.8 Å². The van der Waals surface area contributed by atoms with Crippen LogP contribution in [0.3, 0.4) is 0 Å². The average Bonchev–Trinajstić information content (AvgIpc) is 2.63. The minimum absolute atomic E-state index is 0.146. The lowest BCUT2D eigenvalue weighted by atomic mass is 10.1. The summed E-state index contributed by atoms with van der Waals surface area (Å²) >= 11 is 0. The first-order chi connectivity index (χ1) is 13.2. The lowest BCUT2D eigenvalue weighted by Crippen LogP contribution is -2.56. The molecule has 1 heterocycles. The number of carbonyl (C=O) groups excluding carboxylic acids is 1. The number of aliphatic hydroxyl groups excluding tert-OH is 1. The number of amides is 1. The number of nitrogens with zero attached hydrogens (tertiary/aromatic N) is 1. The zero-order chi connectivity index (χ0) is 20.9. The summed E-state index contributed by atoms with van der Waals surface area (Å²) in [5.74, 6) is 0. The van der Waals surface area contributed by atoms with Crippen molar-refractivity contribution in [3.05, 3.63) is 35.9 Å². The molecule has 6 heteroatoms. The predicted octanol–water partition coefficient (Wildman–Crippen LogP) is 4.95. The molecule has 2 rings (SSSR count). The van der Waals surface area contributed by atoms with E-state index in [-0.39, 0.29) is 18.8 Å². The third-order valence-corrected chi connectivity index (χ3v) is 12.1. The van der Waals surface area contributed by atoms with Crippen LogP contribution in [0.2, 0.25) is 16.6 Å². The third-order valence-electron chi connectivity index (χ3n) is 5.93. The van der Waals surface area contributed by atoms with Gasteiger partial charge in [-0.2, -0.15) is 0 Å². The standard InChI is InChI=1S/C22H37NO4Si/c1-16(2)28(17(3)4,18(5)6)27-21-12-20(24)13-23(14-21)22(25)26-15-19-10-8-7-9-11-19/h7-11,16-18,20-21,24H,12-15H2,1-6H3. The quantitative estimate of drug-likeness (QED) is 0.650. The van der Waals surface area contributed by atoms with Gasteiger partial charge in [0.15, 0.2) is 0 Å². The predicted molar refractivity (Wildman–Crippen MR) is 115 cm³/mol. The van der Waals surface area contributed by atoms with Crippen molar-refractivity contribution in [3.63, 3.8) is 0 Å². The Morgan fingerprint density at radius 2 is 1.64 bits per heavy atom. The highest BCUT2D eigenvalue weighted by molar-refractivity contribution is 6.77. The maximum Gasteiger partial charge on any atom is 0.410 e. The molecule has 28 heavy (non-hydrogen) atoms. The van der Waals surface area contributed by atoms with E-state index in [1.54, 1.807) is 4.90 Å². The van der Waals surface area contributed by atoms with E-state index >= 15 is 0 Å². The van der Waals surface area contributed by atoms with E-state index in [1.165, 1.54) is 0 Å². The summed E-state index contributed by atoms with van der Waals surface area (Å²) in [4.78, 5) is 14.2. The zero-order valence-electron chi connectivity index (χ0n) is 18.2. The molecule has 1 fully saturated rings. The molecule has 1 aliphatic rings. The number of ether oxygens (including phenoxy) is 1. The largest absolute Gasteiger partial charge is 0.445 e. The Bertz CT molecular complexity index is 598. The van der Waals surface area contributed by atoms with E-state index in [4.69, 9.17) is 9.16 Å².